The lowest BCUT2D eigenvalue weighted by atomic mass is 9.93. The molecule has 0 radical (unpaired) electrons. The molecule has 1 aliphatic rings. The van der Waals surface area contributed by atoms with E-state index in [1.807, 2.05) is 32.5 Å². The second kappa shape index (κ2) is 7.03. The molecule has 0 unspecified atom stereocenters. The zero-order valence-electron chi connectivity index (χ0n) is 12.0. The summed E-state index contributed by atoms with van der Waals surface area (Å²) in [6.07, 6.45) is 0.0191. The Hall–Kier alpha value is -0.910. The number of alkyl carbamates (subject to hydrolysis) is 1. The largest absolute Gasteiger partial charge is 0.469 e. The van der Waals surface area contributed by atoms with Gasteiger partial charge >= 0.3 is 12.1 Å². The van der Waals surface area contributed by atoms with Gasteiger partial charge in [0.05, 0.1) is 7.11 Å². The highest BCUT2D eigenvalue weighted by Crippen LogP contribution is 2.32. The summed E-state index contributed by atoms with van der Waals surface area (Å²) in [6.45, 7) is 6.04. The molecule has 1 fully saturated rings. The van der Waals surface area contributed by atoms with E-state index in [0.717, 1.165) is 11.5 Å². The molecule has 0 saturated carbocycles. The van der Waals surface area contributed by atoms with Crippen molar-refractivity contribution in [3.05, 3.63) is 0 Å². The third-order valence-corrected chi connectivity index (χ3v) is 4.22. The van der Waals surface area contributed by atoms with Gasteiger partial charge < -0.3 is 14.8 Å². The predicted molar refractivity (Wildman–Crippen MR) is 75.2 cm³/mol. The Bertz CT molecular complexity index is 327. The number of methoxy groups -OCH3 is 1. The summed E-state index contributed by atoms with van der Waals surface area (Å²) >= 11 is 1.81. The fourth-order valence-electron chi connectivity index (χ4n) is 1.92. The smallest absolute Gasteiger partial charge is 0.407 e. The van der Waals surface area contributed by atoms with E-state index < -0.39 is 11.7 Å². The molecule has 1 heterocycles. The fraction of sp³-hybridized carbons (Fsp3) is 0.846. The van der Waals surface area contributed by atoms with Gasteiger partial charge in [0.25, 0.3) is 0 Å². The quantitative estimate of drug-likeness (QED) is 0.802. The molecule has 1 aliphatic heterocycles. The van der Waals surface area contributed by atoms with E-state index in [1.165, 1.54) is 7.11 Å². The molecule has 0 aromatic rings. The van der Waals surface area contributed by atoms with Crippen molar-refractivity contribution in [2.75, 3.05) is 25.2 Å². The molecule has 0 bridgehead atoms. The van der Waals surface area contributed by atoms with E-state index in [0.29, 0.717) is 18.9 Å². The van der Waals surface area contributed by atoms with Gasteiger partial charge in [0.1, 0.15) is 5.60 Å². The number of hydrogen-bond donors (Lipinski definition) is 1. The van der Waals surface area contributed by atoms with Crippen LogP contribution in [-0.2, 0) is 14.3 Å². The maximum atomic E-state index is 11.6. The molecule has 0 aliphatic carbocycles. The molecule has 19 heavy (non-hydrogen) atoms. The number of amides is 1. The summed E-state index contributed by atoms with van der Waals surface area (Å²) in [4.78, 5) is 22.9. The van der Waals surface area contributed by atoms with Crippen LogP contribution >= 0.6 is 11.8 Å². The van der Waals surface area contributed by atoms with Gasteiger partial charge in [0.15, 0.2) is 0 Å². The van der Waals surface area contributed by atoms with E-state index in [4.69, 9.17) is 9.47 Å². The molecule has 1 rings (SSSR count). The highest BCUT2D eigenvalue weighted by molar-refractivity contribution is 7.99. The first-order valence-electron chi connectivity index (χ1n) is 6.43. The maximum absolute atomic E-state index is 11.6. The van der Waals surface area contributed by atoms with Crippen LogP contribution in [0, 0.1) is 11.8 Å². The van der Waals surface area contributed by atoms with E-state index in [9.17, 15) is 9.59 Å². The molecule has 5 nitrogen and oxygen atoms in total. The molecular formula is C13H23NO4S. The van der Waals surface area contributed by atoms with Crippen molar-refractivity contribution in [1.82, 2.24) is 5.32 Å². The topological polar surface area (TPSA) is 64.6 Å². The Labute approximate surface area is 118 Å². The monoisotopic (exact) mass is 289 g/mol. The van der Waals surface area contributed by atoms with Crippen LogP contribution in [0.2, 0.25) is 0 Å². The average Bonchev–Trinajstić information content (AvgIpc) is 2.71. The van der Waals surface area contributed by atoms with Crippen LogP contribution in [0.25, 0.3) is 0 Å². The van der Waals surface area contributed by atoms with Crippen molar-refractivity contribution >= 4 is 23.8 Å². The minimum absolute atomic E-state index is 0.185. The Morgan fingerprint density at radius 1 is 1.26 bits per heavy atom. The lowest BCUT2D eigenvalue weighted by molar-refractivity contribution is -0.141. The summed E-state index contributed by atoms with van der Waals surface area (Å²) in [5.74, 6) is 2.28. The highest BCUT2D eigenvalue weighted by atomic mass is 32.2. The first-order valence-corrected chi connectivity index (χ1v) is 7.58. The fourth-order valence-corrected chi connectivity index (χ4v) is 3.44. The molecule has 0 spiro atoms. The van der Waals surface area contributed by atoms with Crippen LogP contribution in [-0.4, -0.2) is 42.8 Å². The Morgan fingerprint density at radius 3 is 2.47 bits per heavy atom. The predicted octanol–water partition coefficient (Wildman–Crippen LogP) is 2.05. The molecule has 1 amide bonds. The molecule has 0 aromatic heterocycles. The first-order chi connectivity index (χ1) is 8.81. The number of hydrogen-bond acceptors (Lipinski definition) is 5. The van der Waals surface area contributed by atoms with Crippen LogP contribution in [0.15, 0.2) is 0 Å². The van der Waals surface area contributed by atoms with Crippen LogP contribution < -0.4 is 5.32 Å². The lowest BCUT2D eigenvalue weighted by Crippen LogP contribution is -2.37. The Kier molecular flexibility index (Phi) is 5.97. The summed E-state index contributed by atoms with van der Waals surface area (Å²) in [7, 11) is 1.40. The van der Waals surface area contributed by atoms with E-state index in [2.05, 4.69) is 5.32 Å². The maximum Gasteiger partial charge on any atom is 0.407 e. The lowest BCUT2D eigenvalue weighted by Gasteiger charge is -2.22. The third kappa shape index (κ3) is 6.18. The molecular weight excluding hydrogens is 266 g/mol. The molecule has 1 N–H and O–H groups in total. The number of carbonyl (C=O) groups is 2. The minimum atomic E-state index is -0.486. The van der Waals surface area contributed by atoms with Gasteiger partial charge in [-0.15, -0.1) is 0 Å². The van der Waals surface area contributed by atoms with Gasteiger partial charge in [-0.25, -0.2) is 4.79 Å². The molecule has 1 saturated heterocycles. The average molecular weight is 289 g/mol. The zero-order valence-corrected chi connectivity index (χ0v) is 12.8. The van der Waals surface area contributed by atoms with Gasteiger partial charge in [-0.05, 0) is 44.1 Å². The van der Waals surface area contributed by atoms with Crippen molar-refractivity contribution < 1.29 is 19.1 Å². The zero-order chi connectivity index (χ0) is 14.5. The molecule has 110 valence electrons. The number of nitrogens with one attached hydrogen (secondary N) is 1. The summed E-state index contributed by atoms with van der Waals surface area (Å²) in [5.41, 5.74) is -0.486. The van der Waals surface area contributed by atoms with Crippen molar-refractivity contribution in [3.8, 4) is 0 Å². The Balaban J connectivity index is 2.35. The molecule has 2 atom stereocenters. The number of rotatable bonds is 4. The molecule has 6 heteroatoms. The van der Waals surface area contributed by atoms with Gasteiger partial charge in [-0.3, -0.25) is 4.79 Å². The van der Waals surface area contributed by atoms with Crippen molar-refractivity contribution in [2.24, 2.45) is 11.8 Å². The van der Waals surface area contributed by atoms with Crippen molar-refractivity contribution in [1.29, 1.82) is 0 Å². The van der Waals surface area contributed by atoms with Crippen molar-refractivity contribution in [3.63, 3.8) is 0 Å². The highest BCUT2D eigenvalue weighted by Gasteiger charge is 2.30. The standard InChI is InChI=1S/C13H23NO4S/c1-13(2,3)18-12(16)14-6-10-8-19-7-9(10)5-11(15)17-4/h9-10H,5-8H2,1-4H3,(H,14,16)/t9-,10-/m1/s1. The van der Waals surface area contributed by atoms with Gasteiger partial charge in [0, 0.05) is 13.0 Å². The second-order valence-corrected chi connectivity index (χ2v) is 6.80. The van der Waals surface area contributed by atoms with E-state index >= 15 is 0 Å². The number of ether oxygens (including phenoxy) is 2. The van der Waals surface area contributed by atoms with Gasteiger partial charge in [-0.2, -0.15) is 11.8 Å². The van der Waals surface area contributed by atoms with E-state index in [-0.39, 0.29) is 11.9 Å². The van der Waals surface area contributed by atoms with Crippen LogP contribution in [0.5, 0.6) is 0 Å². The van der Waals surface area contributed by atoms with E-state index in [1.54, 1.807) is 0 Å². The first kappa shape index (κ1) is 16.1. The van der Waals surface area contributed by atoms with Crippen LogP contribution in [0.4, 0.5) is 4.79 Å². The number of carbonyl (C=O) groups excluding carboxylic acids is 2. The number of thioether (sulfide) groups is 1. The van der Waals surface area contributed by atoms with Crippen molar-refractivity contribution in [2.45, 2.75) is 32.8 Å². The summed E-state index contributed by atoms with van der Waals surface area (Å²) in [5, 5.41) is 2.78. The van der Waals surface area contributed by atoms with Crippen LogP contribution in [0.3, 0.4) is 0 Å². The van der Waals surface area contributed by atoms with Crippen LogP contribution in [0.1, 0.15) is 27.2 Å². The Morgan fingerprint density at radius 2 is 1.89 bits per heavy atom. The normalized spacial score (nSPS) is 22.9. The molecule has 0 aromatic carbocycles. The summed E-state index contributed by atoms with van der Waals surface area (Å²) in [6, 6.07) is 0. The second-order valence-electron chi connectivity index (χ2n) is 5.72. The summed E-state index contributed by atoms with van der Waals surface area (Å²) < 4.78 is 9.88. The SMILES string of the molecule is COC(=O)C[C@@H]1CSC[C@H]1CNC(=O)OC(C)(C)C. The third-order valence-electron chi connectivity index (χ3n) is 2.89. The van der Waals surface area contributed by atoms with Gasteiger partial charge in [-0.1, -0.05) is 0 Å². The minimum Gasteiger partial charge on any atom is -0.469 e. The van der Waals surface area contributed by atoms with Gasteiger partial charge in [0.2, 0.25) is 0 Å². The number of esters is 1.